The van der Waals surface area contributed by atoms with E-state index in [1.54, 1.807) is 12.0 Å². The minimum absolute atomic E-state index is 0.0334. The maximum atomic E-state index is 13.2. The lowest BCUT2D eigenvalue weighted by molar-refractivity contribution is -0.138. The number of ether oxygens (including phenoxy) is 1. The quantitative estimate of drug-likeness (QED) is 0.818. The molecule has 0 aromatic heterocycles. The number of halogens is 3. The molecular weight excluding hydrogens is 349 g/mol. The molecule has 3 rings (SSSR count). The van der Waals surface area contributed by atoms with E-state index in [2.05, 4.69) is 0 Å². The fourth-order valence-corrected chi connectivity index (χ4v) is 3.82. The number of carbonyl (C=O) groups excluding carboxylic acids is 2. The molecule has 5 nitrogen and oxygen atoms in total. The summed E-state index contributed by atoms with van der Waals surface area (Å²) in [5.41, 5.74) is -1.97. The molecule has 0 saturated carbocycles. The first-order valence-corrected chi connectivity index (χ1v) is 8.52. The number of hydrogen-bond acceptors (Lipinski definition) is 3. The summed E-state index contributed by atoms with van der Waals surface area (Å²) >= 11 is 0. The Morgan fingerprint density at radius 2 is 1.92 bits per heavy atom. The molecule has 1 aromatic carbocycles. The normalized spacial score (nSPS) is 23.3. The second-order valence-electron chi connectivity index (χ2n) is 6.84. The van der Waals surface area contributed by atoms with Gasteiger partial charge in [-0.1, -0.05) is 12.1 Å². The fourth-order valence-electron chi connectivity index (χ4n) is 3.82. The van der Waals surface area contributed by atoms with Crippen molar-refractivity contribution in [1.82, 2.24) is 9.80 Å². The van der Waals surface area contributed by atoms with Gasteiger partial charge in [0.1, 0.15) is 0 Å². The number of hydrogen-bond donors (Lipinski definition) is 0. The monoisotopic (exact) mass is 370 g/mol. The lowest BCUT2D eigenvalue weighted by Crippen LogP contribution is -2.39. The molecule has 1 unspecified atom stereocenters. The summed E-state index contributed by atoms with van der Waals surface area (Å²) in [4.78, 5) is 28.5. The molecule has 142 valence electrons. The van der Waals surface area contributed by atoms with E-state index >= 15 is 0 Å². The summed E-state index contributed by atoms with van der Waals surface area (Å²) in [6.07, 6.45) is -3.50. The maximum Gasteiger partial charge on any atom is 0.417 e. The SMILES string of the molecule is COCCN1CCC2(CCN(C(=O)c3ccccc3C(F)(F)F)C2)C1=O. The highest BCUT2D eigenvalue weighted by Gasteiger charge is 2.51. The van der Waals surface area contributed by atoms with Crippen molar-refractivity contribution in [2.24, 2.45) is 5.41 Å². The molecule has 1 spiro atoms. The molecule has 0 aliphatic carbocycles. The molecule has 1 atom stereocenters. The van der Waals surface area contributed by atoms with Crippen molar-refractivity contribution >= 4 is 11.8 Å². The molecule has 0 N–H and O–H groups in total. The standard InChI is InChI=1S/C18H21F3N2O3/c1-26-11-10-22-8-6-17(16(22)25)7-9-23(12-17)15(24)13-4-2-3-5-14(13)18(19,20)21/h2-5H,6-12H2,1H3. The van der Waals surface area contributed by atoms with Crippen LogP contribution in [0.25, 0.3) is 0 Å². The Morgan fingerprint density at radius 1 is 1.23 bits per heavy atom. The summed E-state index contributed by atoms with van der Waals surface area (Å²) in [7, 11) is 1.56. The molecule has 1 aromatic rings. The van der Waals surface area contributed by atoms with Crippen LogP contribution in [0, 0.1) is 5.41 Å². The van der Waals surface area contributed by atoms with Gasteiger partial charge in [0.15, 0.2) is 0 Å². The number of alkyl halides is 3. The molecule has 0 bridgehead atoms. The summed E-state index contributed by atoms with van der Waals surface area (Å²) in [5, 5.41) is 0. The highest BCUT2D eigenvalue weighted by Crippen LogP contribution is 2.41. The number of nitrogens with zero attached hydrogens (tertiary/aromatic N) is 2. The number of carbonyl (C=O) groups is 2. The molecule has 2 aliphatic heterocycles. The summed E-state index contributed by atoms with van der Waals surface area (Å²) < 4.78 is 44.5. The van der Waals surface area contributed by atoms with Crippen molar-refractivity contribution in [3.05, 3.63) is 35.4 Å². The van der Waals surface area contributed by atoms with Crippen LogP contribution in [0.2, 0.25) is 0 Å². The number of likely N-dealkylation sites (tertiary alicyclic amines) is 2. The Bertz CT molecular complexity index is 707. The van der Waals surface area contributed by atoms with Crippen LogP contribution < -0.4 is 0 Å². The summed E-state index contributed by atoms with van der Waals surface area (Å²) in [6.45, 7) is 1.96. The van der Waals surface area contributed by atoms with E-state index in [0.29, 0.717) is 32.5 Å². The first kappa shape index (κ1) is 18.7. The molecule has 2 heterocycles. The smallest absolute Gasteiger partial charge is 0.383 e. The van der Waals surface area contributed by atoms with Gasteiger partial charge in [0, 0.05) is 33.3 Å². The van der Waals surface area contributed by atoms with E-state index in [1.165, 1.54) is 23.1 Å². The highest BCUT2D eigenvalue weighted by atomic mass is 19.4. The van der Waals surface area contributed by atoms with Crippen LogP contribution in [-0.2, 0) is 15.7 Å². The lowest BCUT2D eigenvalue weighted by atomic mass is 9.85. The van der Waals surface area contributed by atoms with E-state index in [0.717, 1.165) is 6.07 Å². The van der Waals surface area contributed by atoms with Crippen molar-refractivity contribution in [3.8, 4) is 0 Å². The van der Waals surface area contributed by atoms with Gasteiger partial charge in [0.05, 0.1) is 23.1 Å². The first-order chi connectivity index (χ1) is 12.3. The molecule has 8 heteroatoms. The largest absolute Gasteiger partial charge is 0.417 e. The Kier molecular flexibility index (Phi) is 4.96. The Labute approximate surface area is 149 Å². The molecular formula is C18H21F3N2O3. The number of benzene rings is 1. The van der Waals surface area contributed by atoms with E-state index in [9.17, 15) is 22.8 Å². The average Bonchev–Trinajstić information content (AvgIpc) is 3.18. The molecule has 2 fully saturated rings. The van der Waals surface area contributed by atoms with Gasteiger partial charge in [-0.05, 0) is 25.0 Å². The van der Waals surface area contributed by atoms with E-state index < -0.39 is 23.1 Å². The highest BCUT2D eigenvalue weighted by molar-refractivity contribution is 5.97. The van der Waals surface area contributed by atoms with Crippen LogP contribution >= 0.6 is 0 Å². The number of rotatable bonds is 4. The van der Waals surface area contributed by atoms with Crippen LogP contribution in [-0.4, -0.2) is 61.5 Å². The third kappa shape index (κ3) is 3.30. The predicted molar refractivity (Wildman–Crippen MR) is 87.5 cm³/mol. The minimum atomic E-state index is -4.59. The third-order valence-electron chi connectivity index (χ3n) is 5.27. The molecule has 2 saturated heterocycles. The number of methoxy groups -OCH3 is 1. The van der Waals surface area contributed by atoms with Crippen molar-refractivity contribution < 1.29 is 27.5 Å². The summed E-state index contributed by atoms with van der Waals surface area (Å²) in [6, 6.07) is 4.78. The Balaban J connectivity index is 1.76. The summed E-state index contributed by atoms with van der Waals surface area (Å²) in [5.74, 6) is -0.702. The van der Waals surface area contributed by atoms with Crippen LogP contribution in [0.1, 0.15) is 28.8 Å². The van der Waals surface area contributed by atoms with Crippen molar-refractivity contribution in [3.63, 3.8) is 0 Å². The van der Waals surface area contributed by atoms with E-state index in [-0.39, 0.29) is 24.6 Å². The van der Waals surface area contributed by atoms with Gasteiger partial charge in [0.2, 0.25) is 5.91 Å². The van der Waals surface area contributed by atoms with Gasteiger partial charge < -0.3 is 14.5 Å². The van der Waals surface area contributed by atoms with E-state index in [4.69, 9.17) is 4.74 Å². The zero-order chi connectivity index (χ0) is 18.9. The second-order valence-corrected chi connectivity index (χ2v) is 6.84. The van der Waals surface area contributed by atoms with Crippen LogP contribution in [0.3, 0.4) is 0 Å². The minimum Gasteiger partial charge on any atom is -0.383 e. The van der Waals surface area contributed by atoms with Crippen LogP contribution in [0.15, 0.2) is 24.3 Å². The van der Waals surface area contributed by atoms with Gasteiger partial charge in [0.25, 0.3) is 5.91 Å². The van der Waals surface area contributed by atoms with Gasteiger partial charge in [-0.25, -0.2) is 0 Å². The molecule has 2 amide bonds. The maximum absolute atomic E-state index is 13.2. The predicted octanol–water partition coefficient (Wildman–Crippen LogP) is 2.42. The van der Waals surface area contributed by atoms with E-state index in [1.807, 2.05) is 0 Å². The third-order valence-corrected chi connectivity index (χ3v) is 5.27. The molecule has 0 radical (unpaired) electrons. The average molecular weight is 370 g/mol. The molecule has 26 heavy (non-hydrogen) atoms. The van der Waals surface area contributed by atoms with Gasteiger partial charge in [-0.3, -0.25) is 9.59 Å². The zero-order valence-corrected chi connectivity index (χ0v) is 14.5. The fraction of sp³-hybridized carbons (Fsp3) is 0.556. The topological polar surface area (TPSA) is 49.9 Å². The number of amides is 2. The van der Waals surface area contributed by atoms with Gasteiger partial charge in [-0.2, -0.15) is 13.2 Å². The Hall–Kier alpha value is -2.09. The van der Waals surface area contributed by atoms with Crippen LogP contribution in [0.5, 0.6) is 0 Å². The zero-order valence-electron chi connectivity index (χ0n) is 14.5. The lowest BCUT2D eigenvalue weighted by Gasteiger charge is -2.24. The van der Waals surface area contributed by atoms with Crippen LogP contribution in [0.4, 0.5) is 13.2 Å². The Morgan fingerprint density at radius 3 is 2.62 bits per heavy atom. The van der Waals surface area contributed by atoms with Crippen molar-refractivity contribution in [2.75, 3.05) is 39.9 Å². The second kappa shape index (κ2) is 6.90. The van der Waals surface area contributed by atoms with Crippen molar-refractivity contribution in [2.45, 2.75) is 19.0 Å². The van der Waals surface area contributed by atoms with Gasteiger partial charge >= 0.3 is 6.18 Å². The molecule has 2 aliphatic rings. The van der Waals surface area contributed by atoms with Gasteiger partial charge in [-0.15, -0.1) is 0 Å². The first-order valence-electron chi connectivity index (χ1n) is 8.52. The van der Waals surface area contributed by atoms with Crippen molar-refractivity contribution in [1.29, 1.82) is 0 Å².